The number of halogens is 2. The summed E-state index contributed by atoms with van der Waals surface area (Å²) in [5.74, 6) is -0.560. The van der Waals surface area contributed by atoms with E-state index >= 15 is 0 Å². The van der Waals surface area contributed by atoms with Gasteiger partial charge in [0, 0.05) is 49.1 Å². The molecule has 1 aliphatic heterocycles. The van der Waals surface area contributed by atoms with E-state index in [0.29, 0.717) is 12.1 Å². The second kappa shape index (κ2) is 10.2. The number of amides is 2. The fourth-order valence-corrected chi connectivity index (χ4v) is 2.84. The quantitative estimate of drug-likeness (QED) is 0.276. The maximum atomic E-state index is 12.4. The van der Waals surface area contributed by atoms with Gasteiger partial charge in [-0.2, -0.15) is 0 Å². The number of rotatable bonds is 5. The van der Waals surface area contributed by atoms with Crippen LogP contribution in [-0.2, 0) is 21.4 Å². The van der Waals surface area contributed by atoms with Gasteiger partial charge in [0.1, 0.15) is 11.7 Å². The van der Waals surface area contributed by atoms with E-state index in [1.54, 1.807) is 18.5 Å². The molecule has 0 saturated carbocycles. The van der Waals surface area contributed by atoms with Crippen molar-refractivity contribution < 1.29 is 9.59 Å². The number of aromatic amines is 1. The number of hydrogen-bond acceptors (Lipinski definition) is 3. The molecule has 6 nitrogen and oxygen atoms in total. The van der Waals surface area contributed by atoms with Crippen molar-refractivity contribution in [2.45, 2.75) is 31.7 Å². The van der Waals surface area contributed by atoms with Crippen molar-refractivity contribution in [1.29, 1.82) is 0 Å². The molecule has 0 aliphatic carbocycles. The lowest BCUT2D eigenvalue weighted by Gasteiger charge is -2.25. The van der Waals surface area contributed by atoms with E-state index in [9.17, 15) is 9.59 Å². The smallest absolute Gasteiger partial charge is 0.268 e. The second-order valence-corrected chi connectivity index (χ2v) is 6.85. The minimum Gasteiger partial charge on any atom is -0.347 e. The number of nitrogens with zero attached hydrogens (tertiary/aromatic N) is 1. The zero-order valence-corrected chi connectivity index (χ0v) is 19.9. The van der Waals surface area contributed by atoms with E-state index in [4.69, 9.17) is 0 Å². The zero-order chi connectivity index (χ0) is 20.7. The number of H-pyrrole nitrogens is 1. The van der Waals surface area contributed by atoms with E-state index in [1.807, 2.05) is 44.2 Å². The topological polar surface area (TPSA) is 86.9 Å². The van der Waals surface area contributed by atoms with Crippen LogP contribution in [0.15, 0.2) is 55.0 Å². The van der Waals surface area contributed by atoms with Gasteiger partial charge in [-0.3, -0.25) is 9.59 Å². The Balaban J connectivity index is 0.00000136. The molecule has 3 N–H and O–H groups in total. The molecule has 2 aromatic rings. The molecule has 3 rings (SSSR count). The van der Waals surface area contributed by atoms with Crippen molar-refractivity contribution in [2.75, 3.05) is 0 Å². The minimum absolute atomic E-state index is 0.188. The predicted octanol–water partition coefficient (Wildman–Crippen LogP) is 3.84. The Labute approximate surface area is 188 Å². The number of aromatic nitrogens is 2. The highest BCUT2D eigenvalue weighted by Crippen LogP contribution is 2.26. The number of piperazine rings is 1. The number of nitrogens with one attached hydrogen (secondary N) is 3. The Kier molecular flexibility index (Phi) is 8.23. The van der Waals surface area contributed by atoms with Crippen LogP contribution in [0.2, 0.25) is 0 Å². The average molecular weight is 604 g/mol. The monoisotopic (exact) mass is 604 g/mol. The van der Waals surface area contributed by atoms with Crippen LogP contribution < -0.4 is 10.6 Å². The first-order valence-electron chi connectivity index (χ1n) is 8.60. The molecule has 1 aromatic carbocycles. The molecule has 28 heavy (non-hydrogen) atoms. The van der Waals surface area contributed by atoms with E-state index in [2.05, 4.69) is 64.4 Å². The van der Waals surface area contributed by atoms with E-state index in [1.165, 1.54) is 0 Å². The number of allylic oxidation sites excluding steroid dienone is 1. The van der Waals surface area contributed by atoms with E-state index in [-0.39, 0.29) is 22.9 Å². The lowest BCUT2D eigenvalue weighted by Crippen LogP contribution is -2.55. The van der Waals surface area contributed by atoms with Crippen LogP contribution in [0.3, 0.4) is 0 Å². The first-order valence-corrected chi connectivity index (χ1v) is 14.9. The number of carbonyl (C=O) groups is 2. The lowest BCUT2D eigenvalue weighted by atomic mass is 9.88. The highest BCUT2D eigenvalue weighted by Gasteiger charge is 2.30. The average Bonchev–Trinajstić information content (AvgIpc) is 3.17. The fraction of sp³-hybridized carbons (Fsp3) is 0.250. The Morgan fingerprint density at radius 1 is 1.21 bits per heavy atom. The standard InChI is InChI=1S/C20H22N4O2.I2/c1-4-20(2,3)17-14(21-12-22-17)11-16-19(26)23-15(18(25)24-16)10-13-8-6-5-7-9-13;1-2/h4-9,11-12,15H,1,10H2,2-3H3,(H,21,22)(H,23,26)(H,24,25);/b16-11-;/t15-;/m0./s1. The van der Waals surface area contributed by atoms with Gasteiger partial charge in [-0.1, -0.05) is 50.3 Å². The van der Waals surface area contributed by atoms with Crippen molar-refractivity contribution in [3.63, 3.8) is 0 Å². The van der Waals surface area contributed by atoms with Crippen LogP contribution in [0.4, 0.5) is 0 Å². The van der Waals surface area contributed by atoms with Gasteiger partial charge < -0.3 is 15.6 Å². The summed E-state index contributed by atoms with van der Waals surface area (Å²) < 4.78 is 0. The third kappa shape index (κ3) is 5.43. The number of benzene rings is 1. The number of carbonyl (C=O) groups excluding carboxylic acids is 2. The minimum atomic E-state index is -0.592. The molecule has 0 unspecified atom stereocenters. The molecule has 148 valence electrons. The van der Waals surface area contributed by atoms with Gasteiger partial charge in [0.2, 0.25) is 5.91 Å². The van der Waals surface area contributed by atoms with Crippen LogP contribution in [0.25, 0.3) is 6.08 Å². The van der Waals surface area contributed by atoms with Gasteiger partial charge in [-0.15, -0.1) is 6.58 Å². The number of hydrogen-bond donors (Lipinski definition) is 3. The molecule has 0 spiro atoms. The molecule has 1 aromatic heterocycles. The van der Waals surface area contributed by atoms with Gasteiger partial charge in [0.15, 0.2) is 0 Å². The summed E-state index contributed by atoms with van der Waals surface area (Å²) in [5.41, 5.74) is 2.26. The van der Waals surface area contributed by atoms with Crippen molar-refractivity contribution in [3.05, 3.63) is 72.0 Å². The number of imidazole rings is 1. The van der Waals surface area contributed by atoms with Gasteiger partial charge >= 0.3 is 0 Å². The summed E-state index contributed by atoms with van der Waals surface area (Å²) in [6.45, 7) is 7.82. The van der Waals surface area contributed by atoms with Crippen LogP contribution in [0.1, 0.15) is 30.8 Å². The Hall–Kier alpha value is -1.69. The molecular weight excluding hydrogens is 582 g/mol. The summed E-state index contributed by atoms with van der Waals surface area (Å²) in [6.07, 6.45) is 5.40. The Morgan fingerprint density at radius 3 is 2.54 bits per heavy atom. The summed E-state index contributed by atoms with van der Waals surface area (Å²) in [5, 5.41) is 5.47. The van der Waals surface area contributed by atoms with Gasteiger partial charge in [-0.05, 0) is 11.6 Å². The van der Waals surface area contributed by atoms with Crippen molar-refractivity contribution in [2.24, 2.45) is 0 Å². The summed E-state index contributed by atoms with van der Waals surface area (Å²) >= 11 is 4.24. The third-order valence-electron chi connectivity index (χ3n) is 4.51. The SMILES string of the molecule is C=CC(C)(C)c1[nH]cnc1/C=C1\NC(=O)[C@H](Cc2ccccc2)NC1=O.II. The largest absolute Gasteiger partial charge is 0.347 e. The summed E-state index contributed by atoms with van der Waals surface area (Å²) in [4.78, 5) is 32.2. The highest BCUT2D eigenvalue weighted by atomic mass is 128. The summed E-state index contributed by atoms with van der Waals surface area (Å²) in [6, 6.07) is 8.99. The molecule has 1 aliphatic rings. The molecule has 2 heterocycles. The third-order valence-corrected chi connectivity index (χ3v) is 4.51. The Bertz CT molecular complexity index is 875. The molecule has 1 saturated heterocycles. The first-order chi connectivity index (χ1) is 13.4. The van der Waals surface area contributed by atoms with Crippen LogP contribution in [0, 0.1) is 0 Å². The van der Waals surface area contributed by atoms with Crippen LogP contribution in [0.5, 0.6) is 0 Å². The zero-order valence-electron chi connectivity index (χ0n) is 15.6. The van der Waals surface area contributed by atoms with Crippen LogP contribution >= 0.6 is 37.2 Å². The molecule has 1 fully saturated rings. The maximum Gasteiger partial charge on any atom is 0.268 e. The lowest BCUT2D eigenvalue weighted by molar-refractivity contribution is -0.131. The summed E-state index contributed by atoms with van der Waals surface area (Å²) in [7, 11) is 0. The maximum absolute atomic E-state index is 12.4. The van der Waals surface area contributed by atoms with E-state index in [0.717, 1.165) is 11.3 Å². The highest BCUT2D eigenvalue weighted by molar-refractivity contribution is 15.0. The molecule has 2 amide bonds. The normalized spacial score (nSPS) is 18.0. The van der Waals surface area contributed by atoms with Gasteiger partial charge in [0.05, 0.1) is 17.7 Å². The first kappa shape index (κ1) is 22.6. The van der Waals surface area contributed by atoms with Gasteiger partial charge in [0.25, 0.3) is 5.91 Å². The van der Waals surface area contributed by atoms with Crippen molar-refractivity contribution >= 4 is 55.1 Å². The molecule has 8 heteroatoms. The van der Waals surface area contributed by atoms with Crippen LogP contribution in [-0.4, -0.2) is 27.8 Å². The van der Waals surface area contributed by atoms with Crippen molar-refractivity contribution in [3.8, 4) is 0 Å². The van der Waals surface area contributed by atoms with E-state index < -0.39 is 6.04 Å². The fourth-order valence-electron chi connectivity index (χ4n) is 2.84. The molecule has 0 bridgehead atoms. The molecular formula is C20H22I2N4O2. The predicted molar refractivity (Wildman–Crippen MR) is 128 cm³/mol. The Morgan fingerprint density at radius 2 is 1.89 bits per heavy atom. The second-order valence-electron chi connectivity index (χ2n) is 6.85. The van der Waals surface area contributed by atoms with Gasteiger partial charge in [-0.25, -0.2) is 4.98 Å². The molecule has 1 atom stereocenters. The molecule has 0 radical (unpaired) electrons. The van der Waals surface area contributed by atoms with Crippen molar-refractivity contribution in [1.82, 2.24) is 20.6 Å².